The maximum Gasteiger partial charge on any atom is 0.433 e. The molecule has 1 aliphatic rings. The molecule has 188 valence electrons. The van der Waals surface area contributed by atoms with Gasteiger partial charge < -0.3 is 15.5 Å². The Bertz CT molecular complexity index is 1160. The molecule has 0 radical (unpaired) electrons. The Balaban J connectivity index is 1.75. The maximum atomic E-state index is 13.5. The zero-order valence-electron chi connectivity index (χ0n) is 19.6. The van der Waals surface area contributed by atoms with Crippen molar-refractivity contribution in [2.24, 2.45) is 0 Å². The van der Waals surface area contributed by atoms with Gasteiger partial charge in [-0.2, -0.15) is 18.4 Å². The number of hydrogen-bond acceptors (Lipinski definition) is 5. The van der Waals surface area contributed by atoms with E-state index in [1.807, 2.05) is 14.0 Å². The molecule has 2 aromatic rings. The van der Waals surface area contributed by atoms with Gasteiger partial charge in [0.2, 0.25) is 0 Å². The number of hydrogen-bond donors (Lipinski definition) is 2. The molecule has 5 nitrogen and oxygen atoms in total. The lowest BCUT2D eigenvalue weighted by Crippen LogP contribution is -2.38. The van der Waals surface area contributed by atoms with Crippen LogP contribution in [0.25, 0.3) is 10.9 Å². The van der Waals surface area contributed by atoms with Gasteiger partial charge in [0, 0.05) is 53.0 Å². The molecule has 0 unspecified atom stereocenters. The van der Waals surface area contributed by atoms with E-state index in [1.165, 1.54) is 12.1 Å². The molecule has 1 aliphatic carbocycles. The molecule has 1 aromatic carbocycles. The van der Waals surface area contributed by atoms with Gasteiger partial charge >= 0.3 is 6.18 Å². The largest absolute Gasteiger partial charge is 0.433 e. The van der Waals surface area contributed by atoms with Crippen molar-refractivity contribution in [1.82, 2.24) is 15.2 Å². The van der Waals surface area contributed by atoms with Crippen molar-refractivity contribution in [1.29, 1.82) is 5.26 Å². The Kier molecular flexibility index (Phi) is 8.79. The normalized spacial score (nSPS) is 19.0. The average Bonchev–Trinajstić information content (AvgIpc) is 2.81. The van der Waals surface area contributed by atoms with Crippen molar-refractivity contribution in [3.63, 3.8) is 0 Å². The molecular formula is C25H28Cl2F3N5. The Morgan fingerprint density at radius 1 is 1.29 bits per heavy atom. The van der Waals surface area contributed by atoms with Crippen LogP contribution in [0.3, 0.4) is 0 Å². The third-order valence-electron chi connectivity index (χ3n) is 6.13. The summed E-state index contributed by atoms with van der Waals surface area (Å²) in [5.74, 6) is 0. The molecule has 35 heavy (non-hydrogen) atoms. The lowest BCUT2D eigenvalue weighted by atomic mass is 9.90. The molecular weight excluding hydrogens is 498 g/mol. The first kappa shape index (κ1) is 27.0. The van der Waals surface area contributed by atoms with Gasteiger partial charge in [0.25, 0.3) is 0 Å². The van der Waals surface area contributed by atoms with Crippen LogP contribution in [-0.4, -0.2) is 35.6 Å². The molecule has 2 N–H and O–H groups in total. The summed E-state index contributed by atoms with van der Waals surface area (Å²) in [4.78, 5) is 5.58. The minimum atomic E-state index is -4.55. The van der Waals surface area contributed by atoms with E-state index in [-0.39, 0.29) is 17.6 Å². The second kappa shape index (κ2) is 11.4. The van der Waals surface area contributed by atoms with E-state index in [9.17, 15) is 13.2 Å². The van der Waals surface area contributed by atoms with Crippen LogP contribution < -0.4 is 10.6 Å². The van der Waals surface area contributed by atoms with E-state index < -0.39 is 11.9 Å². The highest BCUT2D eigenvalue weighted by Crippen LogP contribution is 2.35. The topological polar surface area (TPSA) is 64.0 Å². The molecule has 0 spiro atoms. The van der Waals surface area contributed by atoms with Gasteiger partial charge in [0.1, 0.15) is 10.9 Å². The Morgan fingerprint density at radius 2 is 2.00 bits per heavy atom. The zero-order valence-corrected chi connectivity index (χ0v) is 21.2. The monoisotopic (exact) mass is 525 g/mol. The molecule has 1 aromatic heterocycles. The molecule has 0 bridgehead atoms. The number of anilines is 1. The number of fused-ring (bicyclic) bond motifs is 1. The number of nitrogens with one attached hydrogen (secondary N) is 2. The predicted octanol–water partition coefficient (Wildman–Crippen LogP) is 7.05. The molecule has 3 rings (SSSR count). The van der Waals surface area contributed by atoms with Crippen LogP contribution in [-0.2, 0) is 6.18 Å². The van der Waals surface area contributed by atoms with Gasteiger partial charge in [0.15, 0.2) is 0 Å². The minimum Gasteiger partial charge on any atom is -0.382 e. The van der Waals surface area contributed by atoms with Crippen molar-refractivity contribution >= 4 is 39.8 Å². The second-order valence-corrected chi connectivity index (χ2v) is 9.58. The number of halogens is 5. The number of nitriles is 1. The lowest BCUT2D eigenvalue weighted by Gasteiger charge is -2.33. The molecule has 0 saturated heterocycles. The summed E-state index contributed by atoms with van der Waals surface area (Å²) in [7, 11) is 1.82. The first-order valence-electron chi connectivity index (χ1n) is 11.3. The van der Waals surface area contributed by atoms with Gasteiger partial charge in [-0.15, -0.1) is 0 Å². The van der Waals surface area contributed by atoms with Crippen LogP contribution in [0.15, 0.2) is 47.3 Å². The Hall–Kier alpha value is -2.63. The van der Waals surface area contributed by atoms with Gasteiger partial charge in [-0.25, -0.2) is 4.98 Å². The minimum absolute atomic E-state index is 0.0437. The summed E-state index contributed by atoms with van der Waals surface area (Å²) in [6.07, 6.45) is -0.869. The summed E-state index contributed by atoms with van der Waals surface area (Å²) >= 11 is 12.6. The molecule has 0 amide bonds. The summed E-state index contributed by atoms with van der Waals surface area (Å²) in [5.41, 5.74) is 1.13. The average molecular weight is 526 g/mol. The highest BCUT2D eigenvalue weighted by atomic mass is 35.5. The smallest absolute Gasteiger partial charge is 0.382 e. The summed E-state index contributed by atoms with van der Waals surface area (Å²) < 4.78 is 40.4. The van der Waals surface area contributed by atoms with Gasteiger partial charge in [-0.3, -0.25) is 0 Å². The molecule has 2 atom stereocenters. The molecule has 1 heterocycles. The third-order valence-corrected chi connectivity index (χ3v) is 6.94. The zero-order chi connectivity index (χ0) is 25.8. The summed E-state index contributed by atoms with van der Waals surface area (Å²) in [6.45, 7) is 6.50. The van der Waals surface area contributed by atoms with Crippen molar-refractivity contribution in [3.8, 4) is 6.07 Å². The summed E-state index contributed by atoms with van der Waals surface area (Å²) in [6, 6.07) is 7.85. The van der Waals surface area contributed by atoms with Crippen LogP contribution >= 0.6 is 23.2 Å². The quantitative estimate of drug-likeness (QED) is 0.285. The highest BCUT2D eigenvalue weighted by molar-refractivity contribution is 6.31. The van der Waals surface area contributed by atoms with E-state index >= 15 is 0 Å². The van der Waals surface area contributed by atoms with E-state index in [0.29, 0.717) is 46.3 Å². The van der Waals surface area contributed by atoms with Gasteiger partial charge in [0.05, 0.1) is 18.0 Å². The standard InChI is InChI=1S/C25H28Cl2F3N5/c1-15(24(27)35(3)11-5-10-31)16(2)32-18-6-4-7-19(13-18)33-22-14-23(25(28,29)30)34-21-9-8-17(26)12-20(21)22/h8-9,12,14,18-19,32H,2,4-7,11,13H2,1,3H3,(H,33,34)/b24-15+/t18-,19+/m1/s1. The molecule has 0 aliphatic heterocycles. The van der Waals surface area contributed by atoms with Crippen molar-refractivity contribution < 1.29 is 13.2 Å². The van der Waals surface area contributed by atoms with Crippen LogP contribution in [0, 0.1) is 11.3 Å². The number of allylic oxidation sites excluding steroid dienone is 1. The van der Waals surface area contributed by atoms with Crippen LogP contribution in [0.5, 0.6) is 0 Å². The number of pyridine rings is 1. The summed E-state index contributed by atoms with van der Waals surface area (Å²) in [5, 5.41) is 17.0. The molecule has 1 saturated carbocycles. The number of nitrogens with zero attached hydrogens (tertiary/aromatic N) is 3. The van der Waals surface area contributed by atoms with Crippen LogP contribution in [0.1, 0.15) is 44.7 Å². The van der Waals surface area contributed by atoms with Crippen molar-refractivity contribution in [2.45, 2.75) is 57.3 Å². The number of benzene rings is 1. The Morgan fingerprint density at radius 3 is 2.69 bits per heavy atom. The third kappa shape index (κ3) is 6.96. The second-order valence-electron chi connectivity index (χ2n) is 8.79. The fourth-order valence-electron chi connectivity index (χ4n) is 4.22. The number of rotatable bonds is 8. The first-order valence-corrected chi connectivity index (χ1v) is 12.1. The van der Waals surface area contributed by atoms with E-state index in [0.717, 1.165) is 30.9 Å². The van der Waals surface area contributed by atoms with Gasteiger partial charge in [-0.1, -0.05) is 29.8 Å². The highest BCUT2D eigenvalue weighted by Gasteiger charge is 2.34. The lowest BCUT2D eigenvalue weighted by molar-refractivity contribution is -0.140. The fraction of sp³-hybridized carbons (Fsp3) is 0.440. The number of alkyl halides is 3. The Labute approximate surface area is 213 Å². The SMILES string of the molecule is C=C(N[C@@H]1CCC[C@H](Nc2cc(C(F)(F)F)nc3ccc(Cl)cc23)C1)/C(C)=C(\Cl)N(C)CCC#N. The molecule has 10 heteroatoms. The fourth-order valence-corrected chi connectivity index (χ4v) is 4.59. The van der Waals surface area contributed by atoms with Crippen molar-refractivity contribution in [2.75, 3.05) is 18.9 Å². The predicted molar refractivity (Wildman–Crippen MR) is 135 cm³/mol. The number of aromatic nitrogens is 1. The van der Waals surface area contributed by atoms with Crippen molar-refractivity contribution in [3.05, 3.63) is 58.0 Å². The van der Waals surface area contributed by atoms with Gasteiger partial charge in [-0.05, 0) is 56.9 Å². The van der Waals surface area contributed by atoms with E-state index in [1.54, 1.807) is 11.0 Å². The molecule has 1 fully saturated rings. The first-order chi connectivity index (χ1) is 16.5. The van der Waals surface area contributed by atoms with E-state index in [2.05, 4.69) is 28.3 Å². The van der Waals surface area contributed by atoms with Crippen LogP contribution in [0.2, 0.25) is 5.02 Å². The maximum absolute atomic E-state index is 13.5. The van der Waals surface area contributed by atoms with E-state index in [4.69, 9.17) is 28.5 Å². The van der Waals surface area contributed by atoms with Crippen LogP contribution in [0.4, 0.5) is 18.9 Å².